The maximum absolute atomic E-state index is 13.7. The van der Waals surface area contributed by atoms with Gasteiger partial charge in [-0.15, -0.1) is 0 Å². The maximum atomic E-state index is 13.7. The number of pyridine rings is 1. The summed E-state index contributed by atoms with van der Waals surface area (Å²) in [5, 5.41) is 11.7. The summed E-state index contributed by atoms with van der Waals surface area (Å²) in [5.41, 5.74) is 2.73. The molecule has 3 rings (SSSR count). The van der Waals surface area contributed by atoms with Gasteiger partial charge in [0.2, 0.25) is 0 Å². The van der Waals surface area contributed by atoms with Crippen molar-refractivity contribution in [3.05, 3.63) is 59.0 Å². The van der Waals surface area contributed by atoms with Crippen LogP contribution in [0.4, 0.5) is 14.5 Å². The standard InChI is InChI=1S/C18H15F2IN4O/c1-10(22)16-13-7-12(4-5-14(13)25-15(16)9-26)24-8-11-3-2-6-23-17(11)18(19,20)21/h2-7,9,22,24-25H,8H2,1H3. The normalized spacial score (nSPS) is 11.5. The zero-order valence-electron chi connectivity index (χ0n) is 13.7. The summed E-state index contributed by atoms with van der Waals surface area (Å²) in [7, 11) is 0. The van der Waals surface area contributed by atoms with Gasteiger partial charge in [-0.25, -0.2) is 0 Å². The minimum atomic E-state index is -3.05. The molecular formula is C18H15F2IN4O. The highest BCUT2D eigenvalue weighted by atomic mass is 127. The molecule has 3 N–H and O–H groups in total. The molecule has 0 aliphatic carbocycles. The molecule has 0 saturated carbocycles. The zero-order valence-corrected chi connectivity index (χ0v) is 15.9. The number of alkyl halides is 3. The molecule has 0 aliphatic heterocycles. The second-order valence-electron chi connectivity index (χ2n) is 5.78. The van der Waals surface area contributed by atoms with Gasteiger partial charge in [0.15, 0.2) is 6.29 Å². The summed E-state index contributed by atoms with van der Waals surface area (Å²) in [5.74, 6) is 0. The average molecular weight is 468 g/mol. The molecular weight excluding hydrogens is 453 g/mol. The number of hydrogen-bond donors (Lipinski definition) is 3. The summed E-state index contributed by atoms with van der Waals surface area (Å²) in [6.45, 7) is 1.79. The third-order valence-electron chi connectivity index (χ3n) is 3.96. The van der Waals surface area contributed by atoms with Gasteiger partial charge >= 0.3 is 3.93 Å². The van der Waals surface area contributed by atoms with Gasteiger partial charge in [-0.1, -0.05) is 6.07 Å². The molecule has 2 aromatic heterocycles. The molecule has 0 amide bonds. The van der Waals surface area contributed by atoms with Gasteiger partial charge in [-0.2, -0.15) is 8.78 Å². The molecule has 0 saturated heterocycles. The molecule has 0 spiro atoms. The number of aldehydes is 1. The minimum Gasteiger partial charge on any atom is -0.381 e. The fourth-order valence-electron chi connectivity index (χ4n) is 2.85. The number of nitrogens with zero attached hydrogens (tertiary/aromatic N) is 1. The van der Waals surface area contributed by atoms with Crippen molar-refractivity contribution >= 4 is 51.2 Å². The molecule has 3 aromatic rings. The number of halogens is 3. The van der Waals surface area contributed by atoms with Crippen molar-refractivity contribution in [3.63, 3.8) is 0 Å². The van der Waals surface area contributed by atoms with E-state index in [0.29, 0.717) is 28.8 Å². The van der Waals surface area contributed by atoms with Gasteiger partial charge in [0.05, 0.1) is 5.69 Å². The number of carbonyl (C=O) groups excluding carboxylic acids is 1. The number of rotatable bonds is 6. The number of fused-ring (bicyclic) bond motifs is 1. The Labute approximate surface area is 161 Å². The van der Waals surface area contributed by atoms with Crippen molar-refractivity contribution in [2.45, 2.75) is 17.4 Å². The second-order valence-corrected chi connectivity index (χ2v) is 7.13. The molecule has 0 bridgehead atoms. The first-order valence-corrected chi connectivity index (χ1v) is 8.80. The Morgan fingerprint density at radius 2 is 2.19 bits per heavy atom. The Bertz CT molecular complexity index is 995. The molecule has 0 aliphatic rings. The van der Waals surface area contributed by atoms with E-state index in [-0.39, 0.29) is 18.0 Å². The number of anilines is 1. The monoisotopic (exact) mass is 468 g/mol. The molecule has 8 heteroatoms. The van der Waals surface area contributed by atoms with Crippen molar-refractivity contribution in [2.24, 2.45) is 0 Å². The summed E-state index contributed by atoms with van der Waals surface area (Å²) < 4.78 is 24.3. The van der Waals surface area contributed by atoms with Crippen LogP contribution in [0.25, 0.3) is 10.9 Å². The van der Waals surface area contributed by atoms with Crippen molar-refractivity contribution in [2.75, 3.05) is 5.32 Å². The number of nitrogens with one attached hydrogen (secondary N) is 3. The van der Waals surface area contributed by atoms with Crippen LogP contribution in [0.5, 0.6) is 0 Å². The highest BCUT2D eigenvalue weighted by Gasteiger charge is 2.31. The molecule has 0 radical (unpaired) electrons. The van der Waals surface area contributed by atoms with Crippen molar-refractivity contribution < 1.29 is 13.6 Å². The summed E-state index contributed by atoms with van der Waals surface area (Å²) >= 11 is 1.07. The number of aromatic nitrogens is 2. The number of aromatic amines is 1. The smallest absolute Gasteiger partial charge is 0.338 e. The Balaban J connectivity index is 1.92. The molecule has 2 heterocycles. The van der Waals surface area contributed by atoms with Crippen LogP contribution in [0.3, 0.4) is 0 Å². The highest BCUT2D eigenvalue weighted by molar-refractivity contribution is 14.1. The molecule has 5 nitrogen and oxygen atoms in total. The first kappa shape index (κ1) is 18.4. The lowest BCUT2D eigenvalue weighted by molar-refractivity contribution is 0.111. The lowest BCUT2D eigenvalue weighted by Gasteiger charge is -2.14. The van der Waals surface area contributed by atoms with Crippen LogP contribution in [0, 0.1) is 5.41 Å². The summed E-state index contributed by atoms with van der Waals surface area (Å²) in [6.07, 6.45) is 2.03. The predicted octanol–water partition coefficient (Wildman–Crippen LogP) is 4.86. The third kappa shape index (κ3) is 3.59. The van der Waals surface area contributed by atoms with Crippen LogP contribution < -0.4 is 5.32 Å². The van der Waals surface area contributed by atoms with Crippen molar-refractivity contribution in [1.29, 1.82) is 5.41 Å². The van der Waals surface area contributed by atoms with E-state index in [4.69, 9.17) is 5.41 Å². The molecule has 0 fully saturated rings. The van der Waals surface area contributed by atoms with E-state index in [1.807, 2.05) is 0 Å². The highest BCUT2D eigenvalue weighted by Crippen LogP contribution is 2.36. The lowest BCUT2D eigenvalue weighted by Crippen LogP contribution is -2.12. The minimum absolute atomic E-state index is 0.178. The Morgan fingerprint density at radius 1 is 1.42 bits per heavy atom. The van der Waals surface area contributed by atoms with Crippen molar-refractivity contribution in [1.82, 2.24) is 9.97 Å². The number of carbonyl (C=O) groups is 1. The van der Waals surface area contributed by atoms with Crippen molar-refractivity contribution in [3.8, 4) is 0 Å². The lowest BCUT2D eigenvalue weighted by atomic mass is 10.1. The fourth-order valence-corrected chi connectivity index (χ4v) is 3.33. The fraction of sp³-hybridized carbons (Fsp3) is 0.167. The van der Waals surface area contributed by atoms with Gasteiger partial charge in [-0.05, 0) is 36.8 Å². The Morgan fingerprint density at radius 3 is 2.85 bits per heavy atom. The first-order chi connectivity index (χ1) is 12.3. The van der Waals surface area contributed by atoms with E-state index >= 15 is 0 Å². The maximum Gasteiger partial charge on any atom is 0.338 e. The summed E-state index contributed by atoms with van der Waals surface area (Å²) in [4.78, 5) is 18.0. The third-order valence-corrected chi connectivity index (χ3v) is 4.47. The average Bonchev–Trinajstić information content (AvgIpc) is 2.97. The van der Waals surface area contributed by atoms with E-state index in [2.05, 4.69) is 15.3 Å². The van der Waals surface area contributed by atoms with Crippen LogP contribution in [-0.2, 0) is 10.5 Å². The second kappa shape index (κ2) is 7.10. The quantitative estimate of drug-likeness (QED) is 0.209. The predicted molar refractivity (Wildman–Crippen MR) is 106 cm³/mol. The van der Waals surface area contributed by atoms with Crippen LogP contribution >= 0.6 is 22.6 Å². The van der Waals surface area contributed by atoms with Gasteiger partial charge in [0, 0.05) is 63.2 Å². The van der Waals surface area contributed by atoms with E-state index in [1.54, 1.807) is 37.3 Å². The SMILES string of the molecule is CC(=N)c1c(C=O)[nH]c2ccc(NCc3cccnc3C(F)(F)I)cc12. The number of H-pyrrole nitrogens is 1. The van der Waals surface area contributed by atoms with Crippen LogP contribution in [-0.4, -0.2) is 22.0 Å². The zero-order chi connectivity index (χ0) is 18.9. The van der Waals surface area contributed by atoms with E-state index in [0.717, 1.165) is 33.5 Å². The van der Waals surface area contributed by atoms with Gasteiger partial charge < -0.3 is 15.7 Å². The topological polar surface area (TPSA) is 81.6 Å². The first-order valence-electron chi connectivity index (χ1n) is 7.72. The van der Waals surface area contributed by atoms with E-state index < -0.39 is 3.93 Å². The molecule has 26 heavy (non-hydrogen) atoms. The number of hydrogen-bond acceptors (Lipinski definition) is 4. The van der Waals surface area contributed by atoms with Crippen LogP contribution in [0.1, 0.15) is 34.2 Å². The summed E-state index contributed by atoms with van der Waals surface area (Å²) in [6, 6.07) is 8.59. The van der Waals surface area contributed by atoms with Crippen LogP contribution in [0.2, 0.25) is 0 Å². The Kier molecular flexibility index (Phi) is 5.03. The largest absolute Gasteiger partial charge is 0.381 e. The molecule has 1 aromatic carbocycles. The number of benzene rings is 1. The van der Waals surface area contributed by atoms with Gasteiger partial charge in [0.25, 0.3) is 0 Å². The van der Waals surface area contributed by atoms with E-state index in [1.165, 1.54) is 6.20 Å². The van der Waals surface area contributed by atoms with Gasteiger partial charge in [-0.3, -0.25) is 9.78 Å². The van der Waals surface area contributed by atoms with Crippen LogP contribution in [0.15, 0.2) is 36.5 Å². The molecule has 134 valence electrons. The Hall–Kier alpha value is -2.36. The molecule has 0 unspecified atom stereocenters. The van der Waals surface area contributed by atoms with Gasteiger partial charge in [0.1, 0.15) is 5.69 Å². The molecule has 0 atom stereocenters. The van der Waals surface area contributed by atoms with E-state index in [9.17, 15) is 13.6 Å².